The standard InChI is InChI=1S/C16H18N4O2S3/c1-11-12(2)24-16-14(11)15(17-10-18-16)19-5-7-20(8-6-19)25(21,22)13-4-3-9-23-13/h3-4,9-10H,5-8H2,1-2H3. The minimum atomic E-state index is -3.38. The van der Waals surface area contributed by atoms with Crippen LogP contribution >= 0.6 is 22.7 Å². The van der Waals surface area contributed by atoms with E-state index < -0.39 is 10.0 Å². The maximum atomic E-state index is 12.7. The highest BCUT2D eigenvalue weighted by molar-refractivity contribution is 7.91. The van der Waals surface area contributed by atoms with Gasteiger partial charge in [0.15, 0.2) is 0 Å². The smallest absolute Gasteiger partial charge is 0.252 e. The molecule has 0 saturated carbocycles. The van der Waals surface area contributed by atoms with Gasteiger partial charge in [-0.25, -0.2) is 18.4 Å². The van der Waals surface area contributed by atoms with Crippen molar-refractivity contribution < 1.29 is 8.42 Å². The van der Waals surface area contributed by atoms with E-state index in [4.69, 9.17) is 0 Å². The van der Waals surface area contributed by atoms with Gasteiger partial charge in [-0.15, -0.1) is 22.7 Å². The molecule has 0 atom stereocenters. The summed E-state index contributed by atoms with van der Waals surface area (Å²) in [4.78, 5) is 13.3. The van der Waals surface area contributed by atoms with Gasteiger partial charge < -0.3 is 4.90 Å². The summed E-state index contributed by atoms with van der Waals surface area (Å²) in [6.45, 7) is 6.38. The summed E-state index contributed by atoms with van der Waals surface area (Å²) in [6.07, 6.45) is 1.60. The van der Waals surface area contributed by atoms with Crippen LogP contribution in [0.5, 0.6) is 0 Å². The number of aromatic nitrogens is 2. The number of anilines is 1. The number of fused-ring (bicyclic) bond motifs is 1. The van der Waals surface area contributed by atoms with Crippen molar-refractivity contribution in [3.63, 3.8) is 0 Å². The van der Waals surface area contributed by atoms with Crippen LogP contribution in [0.15, 0.2) is 28.0 Å². The molecule has 0 radical (unpaired) electrons. The van der Waals surface area contributed by atoms with Gasteiger partial charge in [-0.1, -0.05) is 6.07 Å². The lowest BCUT2D eigenvalue weighted by molar-refractivity contribution is 0.385. The third-order valence-electron chi connectivity index (χ3n) is 4.57. The summed E-state index contributed by atoms with van der Waals surface area (Å²) in [5, 5.41) is 2.89. The first-order valence-corrected chi connectivity index (χ1v) is 11.1. The molecule has 0 amide bonds. The number of aryl methyl sites for hydroxylation is 2. The molecule has 1 saturated heterocycles. The first kappa shape index (κ1) is 16.9. The van der Waals surface area contributed by atoms with Gasteiger partial charge in [0.05, 0.1) is 5.39 Å². The molecule has 0 unspecified atom stereocenters. The van der Waals surface area contributed by atoms with Crippen molar-refractivity contribution >= 4 is 48.7 Å². The van der Waals surface area contributed by atoms with Crippen LogP contribution in [0.2, 0.25) is 0 Å². The highest BCUT2D eigenvalue weighted by Gasteiger charge is 2.30. The predicted octanol–water partition coefficient (Wildman–Crippen LogP) is 2.88. The predicted molar refractivity (Wildman–Crippen MR) is 102 cm³/mol. The van der Waals surface area contributed by atoms with Crippen LogP contribution in [-0.4, -0.2) is 48.9 Å². The van der Waals surface area contributed by atoms with Gasteiger partial charge in [-0.05, 0) is 30.9 Å². The summed E-state index contributed by atoms with van der Waals surface area (Å²) >= 11 is 2.94. The number of piperazine rings is 1. The number of hydrogen-bond acceptors (Lipinski definition) is 7. The molecule has 4 heterocycles. The van der Waals surface area contributed by atoms with Crippen molar-refractivity contribution in [2.45, 2.75) is 18.1 Å². The van der Waals surface area contributed by atoms with E-state index in [0.717, 1.165) is 16.0 Å². The van der Waals surface area contributed by atoms with Crippen LogP contribution in [0.3, 0.4) is 0 Å². The fourth-order valence-electron chi connectivity index (χ4n) is 3.08. The van der Waals surface area contributed by atoms with Gasteiger partial charge in [-0.3, -0.25) is 0 Å². The highest BCUT2D eigenvalue weighted by atomic mass is 32.2. The van der Waals surface area contributed by atoms with Crippen LogP contribution in [0.25, 0.3) is 10.2 Å². The maximum Gasteiger partial charge on any atom is 0.252 e. The van der Waals surface area contributed by atoms with Crippen molar-refractivity contribution in [3.05, 3.63) is 34.3 Å². The Morgan fingerprint density at radius 1 is 1.12 bits per heavy atom. The largest absolute Gasteiger partial charge is 0.353 e. The van der Waals surface area contributed by atoms with Crippen LogP contribution in [0.4, 0.5) is 5.82 Å². The van der Waals surface area contributed by atoms with Gasteiger partial charge in [0.25, 0.3) is 10.0 Å². The Morgan fingerprint density at radius 3 is 2.56 bits per heavy atom. The minimum Gasteiger partial charge on any atom is -0.353 e. The Morgan fingerprint density at radius 2 is 1.88 bits per heavy atom. The van der Waals surface area contributed by atoms with Gasteiger partial charge in [0.2, 0.25) is 0 Å². The van der Waals surface area contributed by atoms with Gasteiger partial charge in [0, 0.05) is 31.1 Å². The Labute approximate surface area is 154 Å². The summed E-state index contributed by atoms with van der Waals surface area (Å²) in [5.74, 6) is 0.917. The Hall–Kier alpha value is -1.55. The molecule has 9 heteroatoms. The summed E-state index contributed by atoms with van der Waals surface area (Å²) in [6, 6.07) is 3.44. The molecule has 0 aromatic carbocycles. The summed E-state index contributed by atoms with van der Waals surface area (Å²) < 4.78 is 27.3. The molecule has 0 bridgehead atoms. The lowest BCUT2D eigenvalue weighted by atomic mass is 10.2. The monoisotopic (exact) mass is 394 g/mol. The van der Waals surface area contributed by atoms with Crippen LogP contribution in [-0.2, 0) is 10.0 Å². The molecule has 0 aliphatic carbocycles. The molecule has 1 aliphatic rings. The van der Waals surface area contributed by atoms with Gasteiger partial charge in [-0.2, -0.15) is 4.31 Å². The zero-order valence-corrected chi connectivity index (χ0v) is 16.4. The normalized spacial score (nSPS) is 16.6. The molecule has 4 rings (SSSR count). The van der Waals surface area contributed by atoms with Crippen LogP contribution < -0.4 is 4.90 Å². The number of hydrogen-bond donors (Lipinski definition) is 0. The van der Waals surface area contributed by atoms with E-state index in [-0.39, 0.29) is 0 Å². The molecule has 1 fully saturated rings. The molecule has 1 aliphatic heterocycles. The van der Waals surface area contributed by atoms with Crippen LogP contribution in [0, 0.1) is 13.8 Å². The van der Waals surface area contributed by atoms with E-state index in [1.807, 2.05) is 0 Å². The first-order valence-electron chi connectivity index (χ1n) is 7.98. The second kappa shape index (κ2) is 6.31. The van der Waals surface area contributed by atoms with Crippen LogP contribution in [0.1, 0.15) is 10.4 Å². The molecular formula is C16H18N4O2S3. The Balaban J connectivity index is 1.59. The maximum absolute atomic E-state index is 12.7. The van der Waals surface area contributed by atoms with E-state index >= 15 is 0 Å². The topological polar surface area (TPSA) is 66.4 Å². The number of nitrogens with zero attached hydrogens (tertiary/aromatic N) is 4. The van der Waals surface area contributed by atoms with Crippen molar-refractivity contribution in [1.82, 2.24) is 14.3 Å². The van der Waals surface area contributed by atoms with E-state index in [2.05, 4.69) is 28.7 Å². The summed E-state index contributed by atoms with van der Waals surface area (Å²) in [7, 11) is -3.38. The van der Waals surface area contributed by atoms with Crippen molar-refractivity contribution in [2.75, 3.05) is 31.1 Å². The first-order chi connectivity index (χ1) is 12.0. The van der Waals surface area contributed by atoms with Gasteiger partial charge >= 0.3 is 0 Å². The fourth-order valence-corrected chi connectivity index (χ4v) is 6.64. The average molecular weight is 395 g/mol. The third-order valence-corrected chi connectivity index (χ3v) is 8.96. The number of sulfonamides is 1. The van der Waals surface area contributed by atoms with E-state index in [0.29, 0.717) is 30.4 Å². The third kappa shape index (κ3) is 2.84. The van der Waals surface area contributed by atoms with Crippen molar-refractivity contribution in [1.29, 1.82) is 0 Å². The van der Waals surface area contributed by atoms with E-state index in [9.17, 15) is 8.42 Å². The van der Waals surface area contributed by atoms with Crippen molar-refractivity contribution in [2.24, 2.45) is 0 Å². The van der Waals surface area contributed by atoms with Gasteiger partial charge in [0.1, 0.15) is 21.2 Å². The average Bonchev–Trinajstić information content (AvgIpc) is 3.25. The second-order valence-corrected chi connectivity index (χ2v) is 10.3. The molecule has 6 nitrogen and oxygen atoms in total. The Bertz CT molecular complexity index is 1000. The molecular weight excluding hydrogens is 376 g/mol. The van der Waals surface area contributed by atoms with Crippen molar-refractivity contribution in [3.8, 4) is 0 Å². The second-order valence-electron chi connectivity index (χ2n) is 5.98. The number of rotatable bonds is 3. The fraction of sp³-hybridized carbons (Fsp3) is 0.375. The molecule has 132 valence electrons. The summed E-state index contributed by atoms with van der Waals surface area (Å²) in [5.41, 5.74) is 1.21. The Kier molecular flexibility index (Phi) is 4.27. The van der Waals surface area contributed by atoms with E-state index in [1.54, 1.807) is 39.5 Å². The quantitative estimate of drug-likeness (QED) is 0.683. The zero-order valence-electron chi connectivity index (χ0n) is 14.0. The molecule has 3 aromatic heterocycles. The minimum absolute atomic E-state index is 0.412. The molecule has 25 heavy (non-hydrogen) atoms. The molecule has 0 spiro atoms. The highest BCUT2D eigenvalue weighted by Crippen LogP contribution is 2.34. The zero-order chi connectivity index (χ0) is 17.6. The lowest BCUT2D eigenvalue weighted by Gasteiger charge is -2.34. The SMILES string of the molecule is Cc1sc2ncnc(N3CCN(S(=O)(=O)c4cccs4)CC3)c2c1C. The lowest BCUT2D eigenvalue weighted by Crippen LogP contribution is -2.48. The molecule has 3 aromatic rings. The number of thiophene rings is 2. The van der Waals surface area contributed by atoms with E-state index in [1.165, 1.54) is 21.8 Å². The molecule has 0 N–H and O–H groups in total.